The number of rotatable bonds is 5. The van der Waals surface area contributed by atoms with Crippen LogP contribution in [0.15, 0.2) is 0 Å². The van der Waals surface area contributed by atoms with Gasteiger partial charge in [-0.2, -0.15) is 0 Å². The first-order chi connectivity index (χ1) is 11.6. The highest BCUT2D eigenvalue weighted by atomic mass is 16.4. The predicted octanol–water partition coefficient (Wildman–Crippen LogP) is 1.81. The van der Waals surface area contributed by atoms with Crippen LogP contribution in [0.4, 0.5) is 0 Å². The average molecular weight is 342 g/mol. The Hall–Kier alpha value is -1.63. The minimum atomic E-state index is -0.763. The Balaban J connectivity index is 0.000000891. The summed E-state index contributed by atoms with van der Waals surface area (Å²) in [5.41, 5.74) is 0. The van der Waals surface area contributed by atoms with Crippen molar-refractivity contribution in [3.63, 3.8) is 0 Å². The number of aliphatic carboxylic acids is 1. The molecule has 1 atom stereocenters. The maximum atomic E-state index is 12.6. The van der Waals surface area contributed by atoms with Gasteiger partial charge in [0.1, 0.15) is 0 Å². The van der Waals surface area contributed by atoms with Crippen LogP contribution in [-0.4, -0.2) is 70.6 Å². The summed E-state index contributed by atoms with van der Waals surface area (Å²) in [6.45, 7) is 3.12. The molecule has 2 saturated heterocycles. The number of hydrogen-bond donors (Lipinski definition) is 2. The van der Waals surface area contributed by atoms with Crippen LogP contribution in [0.5, 0.6) is 0 Å². The zero-order chi connectivity index (χ0) is 17.8. The van der Waals surface area contributed by atoms with Crippen molar-refractivity contribution in [1.82, 2.24) is 9.80 Å². The Morgan fingerprint density at radius 1 is 1.00 bits per heavy atom. The molecule has 0 saturated carbocycles. The Kier molecular flexibility index (Phi) is 10.1. The van der Waals surface area contributed by atoms with Crippen LogP contribution < -0.4 is 0 Å². The van der Waals surface area contributed by atoms with E-state index in [1.54, 1.807) is 0 Å². The number of carbonyl (C=O) groups is 3. The summed E-state index contributed by atoms with van der Waals surface area (Å²) in [6.07, 6.45) is 8.81. The quantitative estimate of drug-likeness (QED) is 0.740. The first-order valence-electron chi connectivity index (χ1n) is 8.90. The fourth-order valence-corrected chi connectivity index (χ4v) is 3.50. The second kappa shape index (κ2) is 11.8. The van der Waals surface area contributed by atoms with Crippen LogP contribution in [0.2, 0.25) is 0 Å². The monoisotopic (exact) mass is 342 g/mol. The van der Waals surface area contributed by atoms with Crippen LogP contribution in [0.3, 0.4) is 0 Å². The van der Waals surface area contributed by atoms with E-state index in [-0.39, 0.29) is 24.8 Å². The molecule has 2 aliphatic heterocycles. The van der Waals surface area contributed by atoms with Crippen LogP contribution in [0, 0.1) is 0 Å². The molecule has 2 fully saturated rings. The standard InChI is InChI=1S/C16H28N2O3.CH2O2/c19-15(13-17-10-4-1-2-5-11-17)18-12-6-3-7-14(18)8-9-16(20)21;2-1-3/h14H,1-13H2,(H,20,21);1H,(H,2,3). The lowest BCUT2D eigenvalue weighted by atomic mass is 9.98. The third-order valence-electron chi connectivity index (χ3n) is 4.70. The predicted molar refractivity (Wildman–Crippen MR) is 89.8 cm³/mol. The average Bonchev–Trinajstić information content (AvgIpc) is 2.82. The molecule has 24 heavy (non-hydrogen) atoms. The zero-order valence-electron chi connectivity index (χ0n) is 14.4. The first-order valence-corrected chi connectivity index (χ1v) is 8.90. The van der Waals surface area contributed by atoms with Gasteiger partial charge in [0.15, 0.2) is 0 Å². The lowest BCUT2D eigenvalue weighted by Gasteiger charge is -2.37. The van der Waals surface area contributed by atoms with Gasteiger partial charge in [0, 0.05) is 19.0 Å². The lowest BCUT2D eigenvalue weighted by Crippen LogP contribution is -2.48. The highest BCUT2D eigenvalue weighted by molar-refractivity contribution is 5.78. The van der Waals surface area contributed by atoms with Gasteiger partial charge in [0.2, 0.25) is 5.91 Å². The van der Waals surface area contributed by atoms with Gasteiger partial charge in [0.25, 0.3) is 6.47 Å². The number of hydrogen-bond acceptors (Lipinski definition) is 4. The summed E-state index contributed by atoms with van der Waals surface area (Å²) in [6, 6.07) is 0.134. The molecule has 7 heteroatoms. The van der Waals surface area contributed by atoms with E-state index >= 15 is 0 Å². The molecule has 1 unspecified atom stereocenters. The Bertz CT molecular complexity index is 394. The Morgan fingerprint density at radius 3 is 2.17 bits per heavy atom. The van der Waals surface area contributed by atoms with Gasteiger partial charge in [-0.3, -0.25) is 19.3 Å². The molecule has 2 N–H and O–H groups in total. The molecule has 0 aliphatic carbocycles. The van der Waals surface area contributed by atoms with E-state index in [1.807, 2.05) is 4.90 Å². The smallest absolute Gasteiger partial charge is 0.303 e. The fraction of sp³-hybridized carbons (Fsp3) is 0.824. The zero-order valence-corrected chi connectivity index (χ0v) is 14.4. The van der Waals surface area contributed by atoms with Crippen molar-refractivity contribution < 1.29 is 24.6 Å². The van der Waals surface area contributed by atoms with E-state index in [9.17, 15) is 9.59 Å². The molecular weight excluding hydrogens is 312 g/mol. The van der Waals surface area contributed by atoms with Gasteiger partial charge in [-0.05, 0) is 51.6 Å². The van der Waals surface area contributed by atoms with Crippen LogP contribution in [0.25, 0.3) is 0 Å². The van der Waals surface area contributed by atoms with Gasteiger partial charge in [0.05, 0.1) is 6.54 Å². The topological polar surface area (TPSA) is 98.2 Å². The van der Waals surface area contributed by atoms with E-state index < -0.39 is 5.97 Å². The van der Waals surface area contributed by atoms with Gasteiger partial charge in [-0.15, -0.1) is 0 Å². The first kappa shape index (κ1) is 20.4. The van der Waals surface area contributed by atoms with Crippen LogP contribution >= 0.6 is 0 Å². The van der Waals surface area contributed by atoms with E-state index in [1.165, 1.54) is 25.7 Å². The second-order valence-electron chi connectivity index (χ2n) is 6.46. The Morgan fingerprint density at radius 2 is 1.58 bits per heavy atom. The fourth-order valence-electron chi connectivity index (χ4n) is 3.50. The number of nitrogens with zero attached hydrogens (tertiary/aromatic N) is 2. The van der Waals surface area contributed by atoms with Gasteiger partial charge < -0.3 is 15.1 Å². The molecule has 1 amide bonds. The summed E-state index contributed by atoms with van der Waals surface area (Å²) in [4.78, 5) is 35.9. The molecular formula is C17H30N2O5. The molecule has 0 aromatic heterocycles. The normalized spacial score (nSPS) is 22.0. The molecule has 0 aromatic carbocycles. The molecule has 0 bridgehead atoms. The summed E-state index contributed by atoms with van der Waals surface area (Å²) >= 11 is 0. The van der Waals surface area contributed by atoms with Crippen LogP contribution in [0.1, 0.15) is 57.8 Å². The summed E-state index contributed by atoms with van der Waals surface area (Å²) in [7, 11) is 0. The van der Waals surface area contributed by atoms with E-state index in [0.717, 1.165) is 38.9 Å². The summed E-state index contributed by atoms with van der Waals surface area (Å²) < 4.78 is 0. The Labute approximate surface area is 143 Å². The van der Waals surface area contributed by atoms with Crippen molar-refractivity contribution in [2.24, 2.45) is 0 Å². The molecule has 2 aliphatic rings. The summed E-state index contributed by atoms with van der Waals surface area (Å²) in [5.74, 6) is -0.563. The SMILES string of the molecule is O=C(O)CCC1CCCCN1C(=O)CN1CCCCCC1.O=CO. The van der Waals surface area contributed by atoms with E-state index in [4.69, 9.17) is 15.0 Å². The minimum absolute atomic E-state index is 0.134. The van der Waals surface area contributed by atoms with Crippen molar-refractivity contribution in [2.75, 3.05) is 26.2 Å². The maximum Gasteiger partial charge on any atom is 0.303 e. The van der Waals surface area contributed by atoms with Gasteiger partial charge in [-0.25, -0.2) is 0 Å². The molecule has 138 valence electrons. The highest BCUT2D eigenvalue weighted by Gasteiger charge is 2.28. The highest BCUT2D eigenvalue weighted by Crippen LogP contribution is 2.21. The minimum Gasteiger partial charge on any atom is -0.483 e. The van der Waals surface area contributed by atoms with Gasteiger partial charge >= 0.3 is 5.97 Å². The number of likely N-dealkylation sites (tertiary alicyclic amines) is 2. The van der Waals surface area contributed by atoms with Crippen molar-refractivity contribution in [3.8, 4) is 0 Å². The molecule has 2 heterocycles. The second-order valence-corrected chi connectivity index (χ2v) is 6.46. The maximum absolute atomic E-state index is 12.6. The molecule has 0 spiro atoms. The van der Waals surface area contributed by atoms with Gasteiger partial charge in [-0.1, -0.05) is 12.8 Å². The molecule has 0 radical (unpaired) electrons. The molecule has 2 rings (SSSR count). The third-order valence-corrected chi connectivity index (χ3v) is 4.70. The van der Waals surface area contributed by atoms with E-state index in [0.29, 0.717) is 13.0 Å². The lowest BCUT2D eigenvalue weighted by molar-refractivity contribution is -0.140. The van der Waals surface area contributed by atoms with Crippen molar-refractivity contribution in [3.05, 3.63) is 0 Å². The van der Waals surface area contributed by atoms with Crippen molar-refractivity contribution >= 4 is 18.3 Å². The number of carboxylic acids is 1. The van der Waals surface area contributed by atoms with Crippen molar-refractivity contribution in [2.45, 2.75) is 63.8 Å². The number of amides is 1. The number of carboxylic acid groups (broad SMARTS) is 2. The van der Waals surface area contributed by atoms with Crippen LogP contribution in [-0.2, 0) is 14.4 Å². The number of piperidine rings is 1. The molecule has 0 aromatic rings. The number of carbonyl (C=O) groups excluding carboxylic acids is 1. The molecule has 7 nitrogen and oxygen atoms in total. The van der Waals surface area contributed by atoms with Crippen molar-refractivity contribution in [1.29, 1.82) is 0 Å². The summed E-state index contributed by atoms with van der Waals surface area (Å²) in [5, 5.41) is 15.7. The third kappa shape index (κ3) is 7.77. The van der Waals surface area contributed by atoms with E-state index in [2.05, 4.69) is 4.90 Å². The largest absolute Gasteiger partial charge is 0.483 e.